The molecule has 0 nitrogen and oxygen atoms in total. The Bertz CT molecular complexity index is 159. The maximum Gasteiger partial charge on any atom is -0.0163 e. The minimum absolute atomic E-state index is 1.09. The molecule has 9 heavy (non-hydrogen) atoms. The van der Waals surface area contributed by atoms with E-state index in [2.05, 4.69) is 37.3 Å². The topological polar surface area (TPSA) is 0 Å². The SMILES string of the molecule is C/C1=C/C/C=C\CC=C1. The molecule has 0 saturated carbocycles. The predicted octanol–water partition coefficient (Wildman–Crippen LogP) is 2.84. The highest BCUT2D eigenvalue weighted by Gasteiger charge is 1.82. The first-order chi connectivity index (χ1) is 4.39. The minimum atomic E-state index is 1.09. The van der Waals surface area contributed by atoms with Gasteiger partial charge in [-0.3, -0.25) is 0 Å². The summed E-state index contributed by atoms with van der Waals surface area (Å²) in [6.07, 6.45) is 13.2. The number of rotatable bonds is 0. The van der Waals surface area contributed by atoms with Crippen molar-refractivity contribution in [2.75, 3.05) is 0 Å². The molecule has 0 atom stereocenters. The van der Waals surface area contributed by atoms with Crippen LogP contribution in [0.5, 0.6) is 0 Å². The molecule has 0 aliphatic heterocycles. The molecule has 0 spiro atoms. The van der Waals surface area contributed by atoms with Crippen LogP contribution in [0.4, 0.5) is 0 Å². The van der Waals surface area contributed by atoms with Gasteiger partial charge in [0, 0.05) is 0 Å². The van der Waals surface area contributed by atoms with Gasteiger partial charge in [0.2, 0.25) is 0 Å². The molecule has 0 aromatic heterocycles. The largest absolute Gasteiger partial charge is 0.0844 e. The third-order valence-corrected chi connectivity index (χ3v) is 1.40. The van der Waals surface area contributed by atoms with Crippen molar-refractivity contribution in [3.05, 3.63) is 36.0 Å². The van der Waals surface area contributed by atoms with Gasteiger partial charge in [0.15, 0.2) is 0 Å². The first kappa shape index (κ1) is 6.34. The second-order valence-corrected chi connectivity index (χ2v) is 2.29. The van der Waals surface area contributed by atoms with Crippen LogP contribution >= 0.6 is 0 Å². The fourth-order valence-corrected chi connectivity index (χ4v) is 0.847. The standard InChI is InChI=1S/C9H12/c1-9-7-5-3-2-4-6-8-9/h2-3,6-8H,4-5H2,1H3/b3-2-,8-6?,9-7-. The lowest BCUT2D eigenvalue weighted by Crippen LogP contribution is -1.72. The zero-order valence-corrected chi connectivity index (χ0v) is 5.80. The highest BCUT2D eigenvalue weighted by molar-refractivity contribution is 5.19. The first-order valence-corrected chi connectivity index (χ1v) is 3.38. The van der Waals surface area contributed by atoms with Crippen LogP contribution in [0.1, 0.15) is 19.8 Å². The molecule has 1 aliphatic rings. The van der Waals surface area contributed by atoms with E-state index in [0.717, 1.165) is 12.8 Å². The predicted molar refractivity (Wildman–Crippen MR) is 41.3 cm³/mol. The molecule has 0 heterocycles. The summed E-state index contributed by atoms with van der Waals surface area (Å²) < 4.78 is 0. The highest BCUT2D eigenvalue weighted by Crippen LogP contribution is 2.03. The van der Waals surface area contributed by atoms with Crippen molar-refractivity contribution in [3.8, 4) is 0 Å². The Morgan fingerprint density at radius 2 is 1.89 bits per heavy atom. The van der Waals surface area contributed by atoms with Gasteiger partial charge in [-0.05, 0) is 19.8 Å². The van der Waals surface area contributed by atoms with Gasteiger partial charge >= 0.3 is 0 Å². The summed E-state index contributed by atoms with van der Waals surface area (Å²) in [5, 5.41) is 0. The Kier molecular flexibility index (Phi) is 2.32. The molecule has 0 aromatic carbocycles. The Morgan fingerprint density at radius 3 is 2.78 bits per heavy atom. The second-order valence-electron chi connectivity index (χ2n) is 2.29. The summed E-state index contributed by atoms with van der Waals surface area (Å²) in [4.78, 5) is 0. The third-order valence-electron chi connectivity index (χ3n) is 1.40. The van der Waals surface area contributed by atoms with Crippen LogP contribution in [0.25, 0.3) is 0 Å². The molecule has 0 amide bonds. The molecular weight excluding hydrogens is 108 g/mol. The van der Waals surface area contributed by atoms with Crippen molar-refractivity contribution in [1.29, 1.82) is 0 Å². The van der Waals surface area contributed by atoms with Gasteiger partial charge in [0.1, 0.15) is 0 Å². The van der Waals surface area contributed by atoms with Crippen LogP contribution in [0.3, 0.4) is 0 Å². The lowest BCUT2D eigenvalue weighted by molar-refractivity contribution is 1.25. The van der Waals surface area contributed by atoms with Crippen molar-refractivity contribution in [3.63, 3.8) is 0 Å². The minimum Gasteiger partial charge on any atom is -0.0844 e. The zero-order chi connectivity index (χ0) is 6.53. The van der Waals surface area contributed by atoms with Crippen molar-refractivity contribution in [2.45, 2.75) is 19.8 Å². The monoisotopic (exact) mass is 120 g/mol. The Balaban J connectivity index is 2.63. The van der Waals surface area contributed by atoms with Gasteiger partial charge < -0.3 is 0 Å². The van der Waals surface area contributed by atoms with Gasteiger partial charge in [-0.15, -0.1) is 0 Å². The lowest BCUT2D eigenvalue weighted by atomic mass is 10.1. The molecule has 1 rings (SSSR count). The fourth-order valence-electron chi connectivity index (χ4n) is 0.847. The highest BCUT2D eigenvalue weighted by atomic mass is 13.9. The van der Waals surface area contributed by atoms with Crippen LogP contribution in [0.15, 0.2) is 36.0 Å². The number of hydrogen-bond donors (Lipinski definition) is 0. The molecule has 0 radical (unpaired) electrons. The average Bonchev–Trinajstić information content (AvgIpc) is 1.79. The van der Waals surface area contributed by atoms with E-state index >= 15 is 0 Å². The lowest BCUT2D eigenvalue weighted by Gasteiger charge is -1.93. The van der Waals surface area contributed by atoms with E-state index in [4.69, 9.17) is 0 Å². The average molecular weight is 120 g/mol. The van der Waals surface area contributed by atoms with Crippen molar-refractivity contribution in [1.82, 2.24) is 0 Å². The molecule has 0 unspecified atom stereocenters. The molecule has 0 aromatic rings. The van der Waals surface area contributed by atoms with E-state index in [9.17, 15) is 0 Å². The summed E-state index contributed by atoms with van der Waals surface area (Å²) in [7, 11) is 0. The molecular formula is C9H12. The van der Waals surface area contributed by atoms with Gasteiger partial charge in [-0.2, -0.15) is 0 Å². The maximum absolute atomic E-state index is 2.23. The maximum atomic E-state index is 2.23. The number of allylic oxidation sites excluding steroid dienone is 6. The fraction of sp³-hybridized carbons (Fsp3) is 0.333. The van der Waals surface area contributed by atoms with Crippen LogP contribution in [0, 0.1) is 0 Å². The summed E-state index contributed by atoms with van der Waals surface area (Å²) in [6, 6.07) is 0. The van der Waals surface area contributed by atoms with Gasteiger partial charge in [-0.25, -0.2) is 0 Å². The Hall–Kier alpha value is -0.780. The molecule has 0 N–H and O–H groups in total. The smallest absolute Gasteiger partial charge is 0.0163 e. The van der Waals surface area contributed by atoms with Gasteiger partial charge in [0.25, 0.3) is 0 Å². The van der Waals surface area contributed by atoms with Gasteiger partial charge in [0.05, 0.1) is 0 Å². The Morgan fingerprint density at radius 1 is 1.11 bits per heavy atom. The first-order valence-electron chi connectivity index (χ1n) is 3.38. The van der Waals surface area contributed by atoms with E-state index in [0.29, 0.717) is 0 Å². The second kappa shape index (κ2) is 3.29. The Labute approximate surface area is 56.6 Å². The van der Waals surface area contributed by atoms with Gasteiger partial charge in [-0.1, -0.05) is 36.0 Å². The molecule has 0 heteroatoms. The van der Waals surface area contributed by atoms with Crippen molar-refractivity contribution < 1.29 is 0 Å². The molecule has 1 aliphatic carbocycles. The van der Waals surface area contributed by atoms with Crippen molar-refractivity contribution in [2.24, 2.45) is 0 Å². The van der Waals surface area contributed by atoms with E-state index in [1.54, 1.807) is 0 Å². The molecule has 0 saturated heterocycles. The van der Waals surface area contributed by atoms with Crippen LogP contribution < -0.4 is 0 Å². The van der Waals surface area contributed by atoms with E-state index in [1.165, 1.54) is 5.57 Å². The third kappa shape index (κ3) is 2.31. The van der Waals surface area contributed by atoms with Crippen molar-refractivity contribution >= 4 is 0 Å². The molecule has 0 fully saturated rings. The van der Waals surface area contributed by atoms with E-state index in [-0.39, 0.29) is 0 Å². The van der Waals surface area contributed by atoms with E-state index < -0.39 is 0 Å². The van der Waals surface area contributed by atoms with E-state index in [1.807, 2.05) is 0 Å². The number of hydrogen-bond acceptors (Lipinski definition) is 0. The quantitative estimate of drug-likeness (QED) is 0.431. The van der Waals surface area contributed by atoms with Crippen LogP contribution in [0.2, 0.25) is 0 Å². The zero-order valence-electron chi connectivity index (χ0n) is 5.80. The van der Waals surface area contributed by atoms with Crippen LogP contribution in [-0.2, 0) is 0 Å². The molecule has 48 valence electrons. The normalized spacial score (nSPS) is 27.9. The summed E-state index contributed by atoms with van der Waals surface area (Å²) in [5.41, 5.74) is 1.37. The summed E-state index contributed by atoms with van der Waals surface area (Å²) >= 11 is 0. The summed E-state index contributed by atoms with van der Waals surface area (Å²) in [5.74, 6) is 0. The summed E-state index contributed by atoms with van der Waals surface area (Å²) in [6.45, 7) is 2.13. The van der Waals surface area contributed by atoms with Crippen LogP contribution in [-0.4, -0.2) is 0 Å². The molecule has 0 bridgehead atoms.